The predicted molar refractivity (Wildman–Crippen MR) is 89.2 cm³/mol. The molecule has 0 aliphatic rings. The molecule has 6 heteroatoms. The lowest BCUT2D eigenvalue weighted by atomic mass is 10.1. The fourth-order valence-electron chi connectivity index (χ4n) is 2.07. The lowest BCUT2D eigenvalue weighted by Gasteiger charge is -2.09. The number of nitrogens with one attached hydrogen (secondary N) is 2. The van der Waals surface area contributed by atoms with Crippen LogP contribution in [0.15, 0.2) is 65.5 Å². The van der Waals surface area contributed by atoms with Gasteiger partial charge >= 0.3 is 6.03 Å². The molecule has 0 radical (unpaired) electrons. The van der Waals surface area contributed by atoms with Crippen molar-refractivity contribution in [2.45, 2.75) is 6.54 Å². The molecule has 2 aromatic heterocycles. The fourth-order valence-corrected chi connectivity index (χ4v) is 2.26. The van der Waals surface area contributed by atoms with Crippen LogP contribution in [-0.4, -0.2) is 11.0 Å². The minimum Gasteiger partial charge on any atom is -0.464 e. The van der Waals surface area contributed by atoms with Gasteiger partial charge in [0, 0.05) is 24.5 Å². The van der Waals surface area contributed by atoms with Crippen LogP contribution in [0.5, 0.6) is 0 Å². The zero-order valence-corrected chi connectivity index (χ0v) is 12.9. The summed E-state index contributed by atoms with van der Waals surface area (Å²) in [5, 5.41) is 5.96. The highest BCUT2D eigenvalue weighted by molar-refractivity contribution is 6.33. The number of rotatable bonds is 4. The first-order valence-corrected chi connectivity index (χ1v) is 7.37. The molecule has 3 aromatic rings. The van der Waals surface area contributed by atoms with Crippen molar-refractivity contribution in [2.75, 3.05) is 5.32 Å². The molecule has 2 heterocycles. The number of hydrogen-bond acceptors (Lipinski definition) is 3. The van der Waals surface area contributed by atoms with Gasteiger partial charge in [0.15, 0.2) is 0 Å². The first kappa shape index (κ1) is 15.1. The van der Waals surface area contributed by atoms with Crippen molar-refractivity contribution in [1.82, 2.24) is 10.3 Å². The van der Waals surface area contributed by atoms with E-state index in [1.807, 2.05) is 18.2 Å². The molecule has 0 fully saturated rings. The van der Waals surface area contributed by atoms with Crippen LogP contribution in [0, 0.1) is 0 Å². The molecule has 23 heavy (non-hydrogen) atoms. The highest BCUT2D eigenvalue weighted by atomic mass is 35.5. The summed E-state index contributed by atoms with van der Waals surface area (Å²) >= 11 is 6.00. The van der Waals surface area contributed by atoms with Crippen molar-refractivity contribution in [3.8, 4) is 11.3 Å². The third-order valence-electron chi connectivity index (χ3n) is 3.18. The normalized spacial score (nSPS) is 10.3. The Morgan fingerprint density at radius 3 is 2.83 bits per heavy atom. The summed E-state index contributed by atoms with van der Waals surface area (Å²) in [7, 11) is 0. The SMILES string of the molecule is O=C(NCc1cncc(-c2ccco2)c1)Nc1ccccc1Cl. The third kappa shape index (κ3) is 3.90. The molecule has 0 saturated heterocycles. The van der Waals surface area contributed by atoms with Gasteiger partial charge in [-0.25, -0.2) is 4.79 Å². The van der Waals surface area contributed by atoms with Crippen LogP contribution < -0.4 is 10.6 Å². The zero-order valence-electron chi connectivity index (χ0n) is 12.1. The summed E-state index contributed by atoms with van der Waals surface area (Å²) in [6, 6.07) is 12.3. The number of benzene rings is 1. The van der Waals surface area contributed by atoms with Gasteiger partial charge in [-0.1, -0.05) is 23.7 Å². The summed E-state index contributed by atoms with van der Waals surface area (Å²) in [5.41, 5.74) is 2.29. The molecule has 2 N–H and O–H groups in total. The highest BCUT2D eigenvalue weighted by Crippen LogP contribution is 2.21. The first-order chi connectivity index (χ1) is 11.2. The highest BCUT2D eigenvalue weighted by Gasteiger charge is 2.06. The van der Waals surface area contributed by atoms with Gasteiger partial charge < -0.3 is 15.1 Å². The van der Waals surface area contributed by atoms with Crippen LogP contribution in [0.4, 0.5) is 10.5 Å². The number of aromatic nitrogens is 1. The standard InChI is InChI=1S/C17H14ClN3O2/c18-14-4-1-2-5-15(14)21-17(22)20-10-12-8-13(11-19-9-12)16-6-3-7-23-16/h1-9,11H,10H2,(H2,20,21,22). The number of halogens is 1. The third-order valence-corrected chi connectivity index (χ3v) is 3.51. The summed E-state index contributed by atoms with van der Waals surface area (Å²) in [6.07, 6.45) is 5.02. The number of amides is 2. The minimum absolute atomic E-state index is 0.332. The Kier molecular flexibility index (Phi) is 4.59. The molecular weight excluding hydrogens is 314 g/mol. The van der Waals surface area contributed by atoms with Crippen molar-refractivity contribution in [3.05, 3.63) is 71.7 Å². The van der Waals surface area contributed by atoms with Gasteiger partial charge in [-0.15, -0.1) is 0 Å². The van der Waals surface area contributed by atoms with Crippen LogP contribution >= 0.6 is 11.6 Å². The number of urea groups is 1. The molecule has 116 valence electrons. The molecule has 0 aliphatic carbocycles. The quantitative estimate of drug-likeness (QED) is 0.750. The van der Waals surface area contributed by atoms with Crippen LogP contribution in [0.1, 0.15) is 5.56 Å². The number of furan rings is 1. The van der Waals surface area contributed by atoms with Crippen molar-refractivity contribution < 1.29 is 9.21 Å². The van der Waals surface area contributed by atoms with Gasteiger partial charge in [0.2, 0.25) is 0 Å². The number of nitrogens with zero attached hydrogens (tertiary/aromatic N) is 1. The molecule has 2 amide bonds. The maximum absolute atomic E-state index is 11.9. The Labute approximate surface area is 138 Å². The van der Waals surface area contributed by atoms with Gasteiger partial charge in [0.05, 0.1) is 17.0 Å². The summed E-state index contributed by atoms with van der Waals surface area (Å²) < 4.78 is 5.34. The van der Waals surface area contributed by atoms with E-state index >= 15 is 0 Å². The van der Waals surface area contributed by atoms with Gasteiger partial charge in [-0.2, -0.15) is 0 Å². The second-order valence-electron chi connectivity index (χ2n) is 4.85. The molecule has 0 aliphatic heterocycles. The summed E-state index contributed by atoms with van der Waals surface area (Å²) in [5.74, 6) is 0.736. The average molecular weight is 328 g/mol. The van der Waals surface area contributed by atoms with E-state index in [0.717, 1.165) is 16.9 Å². The Morgan fingerprint density at radius 2 is 2.04 bits per heavy atom. The number of para-hydroxylation sites is 1. The lowest BCUT2D eigenvalue weighted by Crippen LogP contribution is -2.28. The zero-order chi connectivity index (χ0) is 16.1. The van der Waals surface area contributed by atoms with E-state index < -0.39 is 0 Å². The van der Waals surface area contributed by atoms with Crippen molar-refractivity contribution in [2.24, 2.45) is 0 Å². The van der Waals surface area contributed by atoms with E-state index in [0.29, 0.717) is 17.3 Å². The number of anilines is 1. The maximum atomic E-state index is 11.9. The summed E-state index contributed by atoms with van der Waals surface area (Å²) in [4.78, 5) is 16.1. The monoisotopic (exact) mass is 327 g/mol. The van der Waals surface area contributed by atoms with Gasteiger partial charge in [0.1, 0.15) is 5.76 Å². The van der Waals surface area contributed by atoms with Crippen LogP contribution in [0.2, 0.25) is 5.02 Å². The Hall–Kier alpha value is -2.79. The molecular formula is C17H14ClN3O2. The van der Waals surface area contributed by atoms with Gasteiger partial charge in [-0.05, 0) is 35.9 Å². The first-order valence-electron chi connectivity index (χ1n) is 6.99. The largest absolute Gasteiger partial charge is 0.464 e. The van der Waals surface area contributed by atoms with Crippen molar-refractivity contribution in [3.63, 3.8) is 0 Å². The topological polar surface area (TPSA) is 67.2 Å². The molecule has 0 spiro atoms. The van der Waals surface area contributed by atoms with Crippen LogP contribution in [0.3, 0.4) is 0 Å². The molecule has 3 rings (SSSR count). The smallest absolute Gasteiger partial charge is 0.319 e. The maximum Gasteiger partial charge on any atom is 0.319 e. The Morgan fingerprint density at radius 1 is 1.17 bits per heavy atom. The predicted octanol–water partition coefficient (Wildman–Crippen LogP) is 4.32. The van der Waals surface area contributed by atoms with Crippen molar-refractivity contribution >= 4 is 23.3 Å². The van der Waals surface area contributed by atoms with E-state index in [9.17, 15) is 4.79 Å². The fraction of sp³-hybridized carbons (Fsp3) is 0.0588. The number of pyridine rings is 1. The number of carbonyl (C=O) groups is 1. The summed E-state index contributed by atoms with van der Waals surface area (Å²) in [6.45, 7) is 0.345. The number of carbonyl (C=O) groups excluding carboxylic acids is 1. The molecule has 0 bridgehead atoms. The van der Waals surface area contributed by atoms with Gasteiger partial charge in [-0.3, -0.25) is 4.98 Å². The van der Waals surface area contributed by atoms with E-state index in [1.165, 1.54) is 0 Å². The van der Waals surface area contributed by atoms with Crippen LogP contribution in [0.25, 0.3) is 11.3 Å². The van der Waals surface area contributed by atoms with E-state index in [1.54, 1.807) is 42.9 Å². The van der Waals surface area contributed by atoms with Crippen molar-refractivity contribution in [1.29, 1.82) is 0 Å². The molecule has 0 saturated carbocycles. The van der Waals surface area contributed by atoms with E-state index in [4.69, 9.17) is 16.0 Å². The molecule has 1 aromatic carbocycles. The Bertz CT molecular complexity index is 803. The minimum atomic E-state index is -0.332. The van der Waals surface area contributed by atoms with E-state index in [2.05, 4.69) is 15.6 Å². The number of hydrogen-bond donors (Lipinski definition) is 2. The average Bonchev–Trinajstić information content (AvgIpc) is 3.10. The van der Waals surface area contributed by atoms with Gasteiger partial charge in [0.25, 0.3) is 0 Å². The lowest BCUT2D eigenvalue weighted by molar-refractivity contribution is 0.251. The molecule has 0 atom stereocenters. The molecule has 5 nitrogen and oxygen atoms in total. The second kappa shape index (κ2) is 6.98. The molecule has 0 unspecified atom stereocenters. The Balaban J connectivity index is 1.61. The van der Waals surface area contributed by atoms with E-state index in [-0.39, 0.29) is 6.03 Å². The van der Waals surface area contributed by atoms with Crippen LogP contribution in [-0.2, 0) is 6.54 Å². The second-order valence-corrected chi connectivity index (χ2v) is 5.25.